The molecule has 194 valence electrons. The van der Waals surface area contributed by atoms with Gasteiger partial charge < -0.3 is 20.7 Å². The van der Waals surface area contributed by atoms with Crippen molar-refractivity contribution in [2.75, 3.05) is 12.3 Å². The summed E-state index contributed by atoms with van der Waals surface area (Å²) < 4.78 is 33.0. The molecule has 0 bridgehead atoms. The number of ether oxygens (including phenoxy) is 1. The quantitative estimate of drug-likeness (QED) is 0.243. The van der Waals surface area contributed by atoms with Crippen LogP contribution in [0.5, 0.6) is 0 Å². The SMILES string of the molecule is CC(C)CC(NC(=O)OC1(c2ccccc2)CC1)C(=O)N[C@@H](CC1CCNC1=O)CS(=O)(=O)OO. The van der Waals surface area contributed by atoms with Gasteiger partial charge in [0.25, 0.3) is 10.1 Å². The maximum absolute atomic E-state index is 13.1. The van der Waals surface area contributed by atoms with Crippen molar-refractivity contribution in [3.05, 3.63) is 35.9 Å². The molecule has 1 saturated heterocycles. The third kappa shape index (κ3) is 7.64. The lowest BCUT2D eigenvalue weighted by Crippen LogP contribution is -2.52. The molecule has 1 aromatic rings. The first kappa shape index (κ1) is 26.9. The van der Waals surface area contributed by atoms with Gasteiger partial charge in [-0.25, -0.2) is 10.1 Å². The number of alkyl carbamates (subject to hydrolysis) is 1. The van der Waals surface area contributed by atoms with E-state index in [9.17, 15) is 22.8 Å². The Hall–Kier alpha value is -2.70. The molecule has 2 fully saturated rings. The Labute approximate surface area is 205 Å². The zero-order valence-electron chi connectivity index (χ0n) is 19.9. The van der Waals surface area contributed by atoms with E-state index in [1.165, 1.54) is 0 Å². The van der Waals surface area contributed by atoms with E-state index in [0.29, 0.717) is 25.8 Å². The molecule has 0 radical (unpaired) electrons. The maximum Gasteiger partial charge on any atom is 0.408 e. The van der Waals surface area contributed by atoms with Crippen LogP contribution in [0.25, 0.3) is 0 Å². The molecule has 35 heavy (non-hydrogen) atoms. The van der Waals surface area contributed by atoms with Gasteiger partial charge in [0, 0.05) is 18.5 Å². The Morgan fingerprint density at radius 1 is 1.20 bits per heavy atom. The van der Waals surface area contributed by atoms with Crippen LogP contribution >= 0.6 is 0 Å². The fraction of sp³-hybridized carbons (Fsp3) is 0.609. The number of nitrogens with one attached hydrogen (secondary N) is 3. The molecule has 0 aromatic heterocycles. The zero-order chi connectivity index (χ0) is 25.6. The predicted octanol–water partition coefficient (Wildman–Crippen LogP) is 1.65. The number of carbonyl (C=O) groups is 3. The highest BCUT2D eigenvalue weighted by Crippen LogP contribution is 2.49. The Morgan fingerprint density at radius 3 is 2.43 bits per heavy atom. The largest absolute Gasteiger partial charge is 0.438 e. The highest BCUT2D eigenvalue weighted by Gasteiger charge is 2.49. The number of carbonyl (C=O) groups excluding carboxylic acids is 3. The van der Waals surface area contributed by atoms with E-state index >= 15 is 0 Å². The van der Waals surface area contributed by atoms with Gasteiger partial charge in [-0.3, -0.25) is 9.59 Å². The van der Waals surface area contributed by atoms with Gasteiger partial charge in [0.15, 0.2) is 0 Å². The van der Waals surface area contributed by atoms with Gasteiger partial charge >= 0.3 is 6.09 Å². The van der Waals surface area contributed by atoms with E-state index < -0.39 is 51.5 Å². The number of hydrogen-bond acceptors (Lipinski definition) is 8. The van der Waals surface area contributed by atoms with Crippen LogP contribution in [0.2, 0.25) is 0 Å². The summed E-state index contributed by atoms with van der Waals surface area (Å²) in [6.07, 6.45) is 1.42. The summed E-state index contributed by atoms with van der Waals surface area (Å²) in [6, 6.07) is 7.35. The minimum atomic E-state index is -4.34. The smallest absolute Gasteiger partial charge is 0.408 e. The third-order valence-corrected chi connectivity index (χ3v) is 7.24. The average Bonchev–Trinajstić information content (AvgIpc) is 3.47. The van der Waals surface area contributed by atoms with E-state index in [1.54, 1.807) is 0 Å². The normalized spacial score (nSPS) is 20.6. The molecule has 3 rings (SSSR count). The van der Waals surface area contributed by atoms with Gasteiger partial charge in [-0.2, -0.15) is 8.42 Å². The van der Waals surface area contributed by atoms with Crippen molar-refractivity contribution in [2.24, 2.45) is 11.8 Å². The number of amides is 3. The molecule has 3 amide bonds. The van der Waals surface area contributed by atoms with Crippen molar-refractivity contribution < 1.29 is 37.1 Å². The molecule has 1 aromatic carbocycles. The molecule has 1 aliphatic heterocycles. The van der Waals surface area contributed by atoms with Gasteiger partial charge in [0.05, 0.1) is 5.75 Å². The summed E-state index contributed by atoms with van der Waals surface area (Å²) in [5.74, 6) is -2.04. The molecule has 12 heteroatoms. The molecule has 1 aliphatic carbocycles. The van der Waals surface area contributed by atoms with Gasteiger partial charge in [-0.1, -0.05) is 44.2 Å². The van der Waals surface area contributed by atoms with Crippen LogP contribution in [0, 0.1) is 11.8 Å². The summed E-state index contributed by atoms with van der Waals surface area (Å²) in [5, 5.41) is 16.6. The average molecular weight is 512 g/mol. The molecular weight excluding hydrogens is 478 g/mol. The first-order valence-corrected chi connectivity index (χ1v) is 13.3. The van der Waals surface area contributed by atoms with Crippen LogP contribution in [0.4, 0.5) is 4.79 Å². The first-order chi connectivity index (χ1) is 16.5. The summed E-state index contributed by atoms with van der Waals surface area (Å²) >= 11 is 0. The molecule has 1 heterocycles. The maximum atomic E-state index is 13.1. The minimum Gasteiger partial charge on any atom is -0.438 e. The van der Waals surface area contributed by atoms with E-state index in [-0.39, 0.29) is 24.7 Å². The van der Waals surface area contributed by atoms with Crippen LogP contribution in [0.15, 0.2) is 30.3 Å². The third-order valence-electron chi connectivity index (χ3n) is 6.20. The molecule has 0 spiro atoms. The van der Waals surface area contributed by atoms with Crippen LogP contribution in [-0.4, -0.2) is 56.0 Å². The monoisotopic (exact) mass is 511 g/mol. The second-order valence-corrected chi connectivity index (χ2v) is 11.2. The van der Waals surface area contributed by atoms with Gasteiger partial charge in [-0.05, 0) is 43.6 Å². The number of rotatable bonds is 12. The van der Waals surface area contributed by atoms with E-state index in [2.05, 4.69) is 20.3 Å². The lowest BCUT2D eigenvalue weighted by atomic mass is 9.98. The molecule has 1 saturated carbocycles. The van der Waals surface area contributed by atoms with Crippen molar-refractivity contribution >= 4 is 28.0 Å². The predicted molar refractivity (Wildman–Crippen MR) is 125 cm³/mol. The molecule has 4 N–H and O–H groups in total. The molecule has 2 aliphatic rings. The van der Waals surface area contributed by atoms with Gasteiger partial charge in [0.2, 0.25) is 11.8 Å². The van der Waals surface area contributed by atoms with Crippen molar-refractivity contribution in [1.29, 1.82) is 0 Å². The Kier molecular flexibility index (Phi) is 8.73. The Morgan fingerprint density at radius 2 is 1.89 bits per heavy atom. The van der Waals surface area contributed by atoms with Crippen molar-refractivity contribution in [2.45, 2.75) is 63.6 Å². The lowest BCUT2D eigenvalue weighted by molar-refractivity contribution is -0.131. The highest BCUT2D eigenvalue weighted by molar-refractivity contribution is 7.86. The zero-order valence-corrected chi connectivity index (χ0v) is 20.7. The van der Waals surface area contributed by atoms with Crippen molar-refractivity contribution in [3.8, 4) is 0 Å². The van der Waals surface area contributed by atoms with Crippen LogP contribution in [-0.2, 0) is 34.4 Å². The van der Waals surface area contributed by atoms with Gasteiger partial charge in [-0.15, -0.1) is 4.33 Å². The number of benzene rings is 1. The second-order valence-electron chi connectivity index (χ2n) is 9.59. The van der Waals surface area contributed by atoms with Crippen LogP contribution < -0.4 is 16.0 Å². The van der Waals surface area contributed by atoms with E-state index in [0.717, 1.165) is 5.56 Å². The van der Waals surface area contributed by atoms with Crippen molar-refractivity contribution in [3.63, 3.8) is 0 Å². The van der Waals surface area contributed by atoms with E-state index in [1.807, 2.05) is 44.2 Å². The summed E-state index contributed by atoms with van der Waals surface area (Å²) in [7, 11) is -4.34. The second kappa shape index (κ2) is 11.4. The summed E-state index contributed by atoms with van der Waals surface area (Å²) in [6.45, 7) is 4.22. The summed E-state index contributed by atoms with van der Waals surface area (Å²) in [4.78, 5) is 37.8. The fourth-order valence-electron chi connectivity index (χ4n) is 4.32. The lowest BCUT2D eigenvalue weighted by Gasteiger charge is -2.26. The fourth-order valence-corrected chi connectivity index (χ4v) is 5.09. The molecular formula is C23H33N3O8S. The topological polar surface area (TPSA) is 160 Å². The number of hydrogen-bond donors (Lipinski definition) is 4. The standard InChI is InChI=1S/C23H33N3O8S/c1-15(2)12-19(26-22(29)33-23(9-10-23)17-6-4-3-5-7-17)21(28)25-18(14-35(31,32)34-30)13-16-8-11-24-20(16)27/h3-7,15-16,18-19,30H,8-14H2,1-2H3,(H,24,27)(H,25,28)(H,26,29)/t16?,18-,19?/m0/s1. The van der Waals surface area contributed by atoms with E-state index in [4.69, 9.17) is 9.99 Å². The van der Waals surface area contributed by atoms with Crippen LogP contribution in [0.3, 0.4) is 0 Å². The Balaban J connectivity index is 1.68. The van der Waals surface area contributed by atoms with Crippen molar-refractivity contribution in [1.82, 2.24) is 16.0 Å². The first-order valence-electron chi connectivity index (χ1n) is 11.7. The molecule has 2 unspecified atom stereocenters. The molecule has 11 nitrogen and oxygen atoms in total. The molecule has 3 atom stereocenters. The van der Waals surface area contributed by atoms with Gasteiger partial charge in [0.1, 0.15) is 11.6 Å². The van der Waals surface area contributed by atoms with Crippen LogP contribution in [0.1, 0.15) is 51.5 Å². The summed E-state index contributed by atoms with van der Waals surface area (Å²) in [5.41, 5.74) is 0.166. The minimum absolute atomic E-state index is 0.0265. The Bertz CT molecular complexity index is 1010. The highest BCUT2D eigenvalue weighted by atomic mass is 32.2.